The number of hydrogen-bond acceptors (Lipinski definition) is 1. The number of ketones is 1. The molecule has 2 atom stereocenters. The summed E-state index contributed by atoms with van der Waals surface area (Å²) in [5.74, 6) is 2.68. The third-order valence-corrected chi connectivity index (χ3v) is 8.16. The standard InChI is InChI=1S/C29H38O/c1-19-9-5-10-20(2)28(19)26(23-13-7-14-23)17-25(30)18-27(24-15-8-16-24)29-21(3)11-6-12-22(29)4/h5-6,9-12,23-24,26-27H,7-8,13-18H2,1-4H3/t26-,27+. The van der Waals surface area contributed by atoms with Gasteiger partial charge in [0.1, 0.15) is 5.78 Å². The minimum absolute atomic E-state index is 0.410. The van der Waals surface area contributed by atoms with Crippen LogP contribution in [-0.2, 0) is 4.79 Å². The van der Waals surface area contributed by atoms with Gasteiger partial charge in [0, 0.05) is 12.8 Å². The van der Waals surface area contributed by atoms with Crippen LogP contribution in [0.2, 0.25) is 0 Å². The van der Waals surface area contributed by atoms with Crippen molar-refractivity contribution in [3.05, 3.63) is 69.8 Å². The molecule has 2 aliphatic carbocycles. The van der Waals surface area contributed by atoms with Crippen LogP contribution in [0.3, 0.4) is 0 Å². The maximum atomic E-state index is 13.5. The predicted molar refractivity (Wildman–Crippen MR) is 126 cm³/mol. The van der Waals surface area contributed by atoms with Gasteiger partial charge in [-0.05, 0) is 110 Å². The fraction of sp³-hybridized carbons (Fsp3) is 0.552. The van der Waals surface area contributed by atoms with Gasteiger partial charge >= 0.3 is 0 Å². The van der Waals surface area contributed by atoms with Crippen LogP contribution >= 0.6 is 0 Å². The summed E-state index contributed by atoms with van der Waals surface area (Å²) in [5.41, 5.74) is 8.38. The van der Waals surface area contributed by atoms with Gasteiger partial charge in [0.2, 0.25) is 0 Å². The molecule has 2 aliphatic rings. The van der Waals surface area contributed by atoms with Gasteiger partial charge in [-0.2, -0.15) is 0 Å². The highest BCUT2D eigenvalue weighted by atomic mass is 16.1. The third kappa shape index (κ3) is 4.27. The summed E-state index contributed by atoms with van der Waals surface area (Å²) in [5, 5.41) is 0. The number of hydrogen-bond donors (Lipinski definition) is 0. The van der Waals surface area contributed by atoms with Crippen molar-refractivity contribution in [2.75, 3.05) is 0 Å². The van der Waals surface area contributed by atoms with Crippen molar-refractivity contribution in [3.8, 4) is 0 Å². The van der Waals surface area contributed by atoms with Crippen molar-refractivity contribution >= 4 is 5.78 Å². The van der Waals surface area contributed by atoms with Gasteiger partial charge in [-0.25, -0.2) is 0 Å². The Labute approximate surface area is 183 Å². The average Bonchev–Trinajstić information content (AvgIpc) is 2.58. The van der Waals surface area contributed by atoms with E-state index >= 15 is 0 Å². The summed E-state index contributed by atoms with van der Waals surface area (Å²) in [4.78, 5) is 13.5. The zero-order valence-corrected chi connectivity index (χ0v) is 19.3. The van der Waals surface area contributed by atoms with Gasteiger partial charge in [-0.15, -0.1) is 0 Å². The molecule has 1 nitrogen and oxygen atoms in total. The normalized spacial score (nSPS) is 19.1. The first-order valence-electron chi connectivity index (χ1n) is 12.1. The molecule has 2 fully saturated rings. The fourth-order valence-electron chi connectivity index (χ4n) is 6.09. The minimum atomic E-state index is 0.410. The number of aryl methyl sites for hydroxylation is 4. The second kappa shape index (κ2) is 9.08. The molecule has 0 saturated heterocycles. The van der Waals surface area contributed by atoms with E-state index in [0.717, 1.165) is 12.8 Å². The molecule has 1 heteroatoms. The summed E-state index contributed by atoms with van der Waals surface area (Å²) in [6, 6.07) is 13.2. The van der Waals surface area contributed by atoms with Crippen molar-refractivity contribution in [2.45, 2.75) is 90.9 Å². The van der Waals surface area contributed by atoms with Crippen LogP contribution in [0, 0.1) is 39.5 Å². The number of Topliss-reactive ketones (excluding diaryl/α,β-unsaturated/α-hetero) is 1. The molecule has 0 N–H and O–H groups in total. The van der Waals surface area contributed by atoms with Crippen molar-refractivity contribution in [1.29, 1.82) is 0 Å². The van der Waals surface area contributed by atoms with Crippen molar-refractivity contribution in [2.24, 2.45) is 11.8 Å². The molecule has 4 rings (SSSR count). The Morgan fingerprint density at radius 3 is 1.30 bits per heavy atom. The Hall–Kier alpha value is -1.89. The molecule has 0 bridgehead atoms. The summed E-state index contributed by atoms with van der Waals surface area (Å²) in [7, 11) is 0. The van der Waals surface area contributed by atoms with Gasteiger partial charge in [0.25, 0.3) is 0 Å². The smallest absolute Gasteiger partial charge is 0.134 e. The molecule has 2 saturated carbocycles. The second-order valence-electron chi connectivity index (χ2n) is 10.2. The van der Waals surface area contributed by atoms with E-state index in [4.69, 9.17) is 0 Å². The number of carbonyl (C=O) groups excluding carboxylic acids is 1. The molecule has 0 unspecified atom stereocenters. The van der Waals surface area contributed by atoms with Crippen LogP contribution in [0.4, 0.5) is 0 Å². The Morgan fingerprint density at radius 1 is 0.700 bits per heavy atom. The van der Waals surface area contributed by atoms with E-state index in [9.17, 15) is 4.79 Å². The highest BCUT2D eigenvalue weighted by molar-refractivity contribution is 5.80. The first-order valence-corrected chi connectivity index (χ1v) is 12.1. The van der Waals surface area contributed by atoms with Crippen LogP contribution < -0.4 is 0 Å². The lowest BCUT2D eigenvalue weighted by atomic mass is 9.67. The quantitative estimate of drug-likeness (QED) is 0.441. The van der Waals surface area contributed by atoms with E-state index in [0.29, 0.717) is 29.5 Å². The predicted octanol–water partition coefficient (Wildman–Crippen LogP) is 7.74. The molecule has 0 spiro atoms. The lowest BCUT2D eigenvalue weighted by molar-refractivity contribution is -0.120. The monoisotopic (exact) mass is 402 g/mol. The molecule has 0 aliphatic heterocycles. The third-order valence-electron chi connectivity index (χ3n) is 8.16. The van der Waals surface area contributed by atoms with Crippen LogP contribution in [0.15, 0.2) is 36.4 Å². The SMILES string of the molecule is Cc1cccc(C)c1[C@@H](CC(=O)C[C@@H](c1c(C)cccc1C)C1CCC1)C1CCC1. The zero-order valence-electron chi connectivity index (χ0n) is 19.3. The van der Waals surface area contributed by atoms with E-state index in [2.05, 4.69) is 64.1 Å². The van der Waals surface area contributed by atoms with Gasteiger partial charge in [0.15, 0.2) is 0 Å². The Kier molecular flexibility index (Phi) is 6.46. The van der Waals surface area contributed by atoms with Gasteiger partial charge in [0.05, 0.1) is 0 Å². The molecule has 0 heterocycles. The van der Waals surface area contributed by atoms with E-state index in [1.54, 1.807) is 0 Å². The van der Waals surface area contributed by atoms with Crippen LogP contribution in [0.25, 0.3) is 0 Å². The molecular formula is C29H38O. The molecule has 160 valence electrons. The van der Waals surface area contributed by atoms with Gasteiger partial charge < -0.3 is 0 Å². The molecular weight excluding hydrogens is 364 g/mol. The van der Waals surface area contributed by atoms with Crippen molar-refractivity contribution < 1.29 is 4.79 Å². The fourth-order valence-corrected chi connectivity index (χ4v) is 6.09. The van der Waals surface area contributed by atoms with Crippen LogP contribution in [0.1, 0.15) is 96.6 Å². The molecule has 2 aromatic rings. The maximum absolute atomic E-state index is 13.5. The maximum Gasteiger partial charge on any atom is 0.134 e. The van der Waals surface area contributed by atoms with Crippen molar-refractivity contribution in [3.63, 3.8) is 0 Å². The first kappa shape index (κ1) is 21.3. The highest BCUT2D eigenvalue weighted by Gasteiger charge is 2.35. The van der Waals surface area contributed by atoms with E-state index < -0.39 is 0 Å². The van der Waals surface area contributed by atoms with E-state index in [1.807, 2.05) is 0 Å². The van der Waals surface area contributed by atoms with Crippen LogP contribution in [-0.4, -0.2) is 5.78 Å². The highest BCUT2D eigenvalue weighted by Crippen LogP contribution is 2.46. The Bertz CT molecular complexity index is 787. The molecule has 0 amide bonds. The number of rotatable bonds is 8. The summed E-state index contributed by atoms with van der Waals surface area (Å²) in [6.07, 6.45) is 9.25. The largest absolute Gasteiger partial charge is 0.300 e. The first-order chi connectivity index (χ1) is 14.5. The number of benzene rings is 2. The average molecular weight is 403 g/mol. The summed E-state index contributed by atoms with van der Waals surface area (Å²) < 4.78 is 0. The summed E-state index contributed by atoms with van der Waals surface area (Å²) in [6.45, 7) is 8.91. The van der Waals surface area contributed by atoms with E-state index in [-0.39, 0.29) is 0 Å². The lowest BCUT2D eigenvalue weighted by Gasteiger charge is -2.37. The minimum Gasteiger partial charge on any atom is -0.300 e. The second-order valence-corrected chi connectivity index (χ2v) is 10.2. The molecule has 30 heavy (non-hydrogen) atoms. The van der Waals surface area contributed by atoms with E-state index in [1.165, 1.54) is 71.9 Å². The van der Waals surface area contributed by atoms with Crippen molar-refractivity contribution in [1.82, 2.24) is 0 Å². The topological polar surface area (TPSA) is 17.1 Å². The Balaban J connectivity index is 1.57. The van der Waals surface area contributed by atoms with Gasteiger partial charge in [-0.3, -0.25) is 4.79 Å². The number of carbonyl (C=O) groups is 1. The zero-order chi connectivity index (χ0) is 21.3. The van der Waals surface area contributed by atoms with Gasteiger partial charge in [-0.1, -0.05) is 49.2 Å². The molecule has 0 aromatic heterocycles. The summed E-state index contributed by atoms with van der Waals surface area (Å²) >= 11 is 0. The lowest BCUT2D eigenvalue weighted by Crippen LogP contribution is -2.27. The molecule has 2 aromatic carbocycles. The Morgan fingerprint density at radius 2 is 1.03 bits per heavy atom. The van der Waals surface area contributed by atoms with Crippen LogP contribution in [0.5, 0.6) is 0 Å². The molecule has 0 radical (unpaired) electrons.